The zero-order valence-electron chi connectivity index (χ0n) is 18.3. The second-order valence-electron chi connectivity index (χ2n) is 8.05. The molecule has 0 aliphatic carbocycles. The van der Waals surface area contributed by atoms with Crippen LogP contribution in [0.2, 0.25) is 0 Å². The van der Waals surface area contributed by atoms with Crippen LogP contribution < -0.4 is 4.90 Å². The largest absolute Gasteiger partial charge is 0.363 e. The summed E-state index contributed by atoms with van der Waals surface area (Å²) in [5.41, 5.74) is 1.36. The highest BCUT2D eigenvalue weighted by molar-refractivity contribution is 6.09. The average molecular weight is 434 g/mol. The SMILES string of the molecule is CCn1ccnc1CN1CCN(c2ccc(C(=O)c3ccccc3)cc2[N+](=O)[O-])C[C@@H]1C. The van der Waals surface area contributed by atoms with Gasteiger partial charge in [0.05, 0.1) is 11.5 Å². The molecule has 8 nitrogen and oxygen atoms in total. The monoisotopic (exact) mass is 433 g/mol. The van der Waals surface area contributed by atoms with Crippen molar-refractivity contribution in [1.29, 1.82) is 0 Å². The van der Waals surface area contributed by atoms with Gasteiger partial charge in [-0.1, -0.05) is 30.3 Å². The Morgan fingerprint density at radius 3 is 2.62 bits per heavy atom. The van der Waals surface area contributed by atoms with Gasteiger partial charge in [-0.25, -0.2) is 4.98 Å². The molecule has 1 atom stereocenters. The zero-order valence-corrected chi connectivity index (χ0v) is 18.3. The highest BCUT2D eigenvalue weighted by atomic mass is 16.6. The van der Waals surface area contributed by atoms with Crippen molar-refractivity contribution in [2.75, 3.05) is 24.5 Å². The zero-order chi connectivity index (χ0) is 22.7. The fourth-order valence-electron chi connectivity index (χ4n) is 4.24. The predicted octanol–water partition coefficient (Wildman–Crippen LogP) is 3.75. The lowest BCUT2D eigenvalue weighted by atomic mass is 10.0. The molecule has 0 N–H and O–H groups in total. The third-order valence-electron chi connectivity index (χ3n) is 6.06. The number of benzene rings is 2. The standard InChI is InChI=1S/C24H27N5O3/c1-3-26-12-11-25-23(26)17-27-13-14-28(16-18(27)2)21-10-9-20(15-22(21)29(31)32)24(30)19-7-5-4-6-8-19/h4-12,15,18H,3,13-14,16-17H2,1-2H3/t18-/m0/s1. The first-order chi connectivity index (χ1) is 15.5. The highest BCUT2D eigenvalue weighted by Crippen LogP contribution is 2.32. The highest BCUT2D eigenvalue weighted by Gasteiger charge is 2.29. The maximum atomic E-state index is 12.8. The number of carbonyl (C=O) groups is 1. The Labute approximate surface area is 187 Å². The quantitative estimate of drug-likeness (QED) is 0.321. The number of nitro benzene ring substituents is 1. The Kier molecular flexibility index (Phi) is 6.32. The van der Waals surface area contributed by atoms with E-state index < -0.39 is 4.92 Å². The normalized spacial score (nSPS) is 16.8. The molecule has 1 aromatic heterocycles. The Morgan fingerprint density at radius 2 is 1.94 bits per heavy atom. The Morgan fingerprint density at radius 1 is 1.16 bits per heavy atom. The van der Waals surface area contributed by atoms with Crippen LogP contribution in [0.5, 0.6) is 0 Å². The summed E-state index contributed by atoms with van der Waals surface area (Å²) in [6.07, 6.45) is 3.80. The first kappa shape index (κ1) is 21.7. The molecule has 1 fully saturated rings. The molecular weight excluding hydrogens is 406 g/mol. The van der Waals surface area contributed by atoms with E-state index in [2.05, 4.69) is 28.3 Å². The minimum atomic E-state index is -0.397. The summed E-state index contributed by atoms with van der Waals surface area (Å²) < 4.78 is 2.13. The van der Waals surface area contributed by atoms with Crippen molar-refractivity contribution in [3.63, 3.8) is 0 Å². The van der Waals surface area contributed by atoms with Gasteiger partial charge in [-0.2, -0.15) is 0 Å². The molecule has 4 rings (SSSR count). The number of aryl methyl sites for hydroxylation is 1. The number of carbonyl (C=O) groups excluding carboxylic acids is 1. The molecule has 3 aromatic rings. The van der Waals surface area contributed by atoms with Crippen LogP contribution in [0.4, 0.5) is 11.4 Å². The van der Waals surface area contributed by atoms with E-state index >= 15 is 0 Å². The van der Waals surface area contributed by atoms with Crippen LogP contribution in [0, 0.1) is 10.1 Å². The lowest BCUT2D eigenvalue weighted by molar-refractivity contribution is -0.384. The van der Waals surface area contributed by atoms with Crippen LogP contribution in [-0.4, -0.2) is 50.8 Å². The van der Waals surface area contributed by atoms with E-state index in [-0.39, 0.29) is 17.5 Å². The van der Waals surface area contributed by atoms with Crippen LogP contribution >= 0.6 is 0 Å². The molecule has 0 spiro atoms. The number of hydrogen-bond acceptors (Lipinski definition) is 6. The van der Waals surface area contributed by atoms with Gasteiger partial charge >= 0.3 is 0 Å². The molecule has 166 valence electrons. The maximum Gasteiger partial charge on any atom is 0.293 e. The molecule has 2 aromatic carbocycles. The van der Waals surface area contributed by atoms with Crippen molar-refractivity contribution in [1.82, 2.24) is 14.5 Å². The fraction of sp³-hybridized carbons (Fsp3) is 0.333. The molecule has 1 saturated heterocycles. The van der Waals surface area contributed by atoms with E-state index in [9.17, 15) is 14.9 Å². The summed E-state index contributed by atoms with van der Waals surface area (Å²) >= 11 is 0. The topological polar surface area (TPSA) is 84.5 Å². The summed E-state index contributed by atoms with van der Waals surface area (Å²) in [6, 6.07) is 13.8. The van der Waals surface area contributed by atoms with Gasteiger partial charge in [0.15, 0.2) is 5.78 Å². The number of nitro groups is 1. The third-order valence-corrected chi connectivity index (χ3v) is 6.06. The van der Waals surface area contributed by atoms with E-state index in [1.54, 1.807) is 36.4 Å². The maximum absolute atomic E-state index is 12.8. The minimum absolute atomic E-state index is 0.0334. The van der Waals surface area contributed by atoms with Gasteiger partial charge in [0.2, 0.25) is 0 Å². The second-order valence-corrected chi connectivity index (χ2v) is 8.05. The minimum Gasteiger partial charge on any atom is -0.363 e. The van der Waals surface area contributed by atoms with E-state index in [1.807, 2.05) is 23.4 Å². The molecule has 0 amide bonds. The van der Waals surface area contributed by atoms with Crippen molar-refractivity contribution < 1.29 is 9.72 Å². The van der Waals surface area contributed by atoms with Crippen LogP contribution in [-0.2, 0) is 13.1 Å². The number of rotatable bonds is 7. The van der Waals surface area contributed by atoms with E-state index in [0.29, 0.717) is 29.9 Å². The van der Waals surface area contributed by atoms with Gasteiger partial charge < -0.3 is 9.47 Å². The smallest absolute Gasteiger partial charge is 0.293 e. The molecule has 0 bridgehead atoms. The average Bonchev–Trinajstić information content (AvgIpc) is 3.27. The van der Waals surface area contributed by atoms with Crippen molar-refractivity contribution in [2.24, 2.45) is 0 Å². The summed E-state index contributed by atoms with van der Waals surface area (Å²) in [4.78, 5) is 33.1. The van der Waals surface area contributed by atoms with Crippen LogP contribution in [0.1, 0.15) is 35.6 Å². The number of imidazole rings is 1. The fourth-order valence-corrected chi connectivity index (χ4v) is 4.24. The van der Waals surface area contributed by atoms with Gasteiger partial charge in [0.25, 0.3) is 5.69 Å². The summed E-state index contributed by atoms with van der Waals surface area (Å²) in [7, 11) is 0. The lowest BCUT2D eigenvalue weighted by Gasteiger charge is -2.40. The number of hydrogen-bond donors (Lipinski definition) is 0. The van der Waals surface area contributed by atoms with Crippen LogP contribution in [0.3, 0.4) is 0 Å². The Hall–Kier alpha value is -3.52. The molecule has 1 aliphatic rings. The van der Waals surface area contributed by atoms with Crippen LogP contribution in [0.25, 0.3) is 0 Å². The Bertz CT molecular complexity index is 1110. The molecule has 0 radical (unpaired) electrons. The van der Waals surface area contributed by atoms with Gasteiger partial charge in [0, 0.05) is 61.8 Å². The summed E-state index contributed by atoms with van der Waals surface area (Å²) in [5, 5.41) is 11.8. The van der Waals surface area contributed by atoms with Gasteiger partial charge in [0.1, 0.15) is 11.5 Å². The van der Waals surface area contributed by atoms with Gasteiger partial charge in [-0.05, 0) is 26.0 Å². The first-order valence-corrected chi connectivity index (χ1v) is 10.8. The van der Waals surface area contributed by atoms with E-state index in [1.165, 1.54) is 6.07 Å². The van der Waals surface area contributed by atoms with E-state index in [4.69, 9.17) is 0 Å². The molecule has 2 heterocycles. The van der Waals surface area contributed by atoms with Crippen molar-refractivity contribution in [3.05, 3.63) is 88.0 Å². The summed E-state index contributed by atoms with van der Waals surface area (Å²) in [5.74, 6) is 0.812. The number of anilines is 1. The molecule has 0 saturated carbocycles. The predicted molar refractivity (Wildman–Crippen MR) is 123 cm³/mol. The second kappa shape index (κ2) is 9.32. The molecule has 0 unspecified atom stereocenters. The van der Waals surface area contributed by atoms with Gasteiger partial charge in [-0.15, -0.1) is 0 Å². The lowest BCUT2D eigenvalue weighted by Crippen LogP contribution is -2.51. The molecule has 1 aliphatic heterocycles. The number of nitrogens with zero attached hydrogens (tertiary/aromatic N) is 5. The number of aromatic nitrogens is 2. The Balaban J connectivity index is 1.52. The molecule has 32 heavy (non-hydrogen) atoms. The first-order valence-electron chi connectivity index (χ1n) is 10.8. The van der Waals surface area contributed by atoms with E-state index in [0.717, 1.165) is 25.5 Å². The third kappa shape index (κ3) is 4.40. The summed E-state index contributed by atoms with van der Waals surface area (Å²) in [6.45, 7) is 7.97. The van der Waals surface area contributed by atoms with Crippen molar-refractivity contribution >= 4 is 17.2 Å². The number of piperazine rings is 1. The van der Waals surface area contributed by atoms with Gasteiger partial charge in [-0.3, -0.25) is 19.8 Å². The number of ketones is 1. The van der Waals surface area contributed by atoms with Crippen molar-refractivity contribution in [2.45, 2.75) is 33.0 Å². The van der Waals surface area contributed by atoms with Crippen LogP contribution in [0.15, 0.2) is 60.9 Å². The molecular formula is C24H27N5O3. The van der Waals surface area contributed by atoms with Crippen molar-refractivity contribution in [3.8, 4) is 0 Å². The molecule has 8 heteroatoms.